The Balaban J connectivity index is 1.98. The summed E-state index contributed by atoms with van der Waals surface area (Å²) in [5.74, 6) is -2.18. The number of benzene rings is 1. The third-order valence-corrected chi connectivity index (χ3v) is 3.51. The van der Waals surface area contributed by atoms with Gasteiger partial charge in [-0.05, 0) is 30.0 Å². The number of nitrogens with one attached hydrogen (secondary N) is 1. The van der Waals surface area contributed by atoms with Crippen molar-refractivity contribution in [1.29, 1.82) is 0 Å². The van der Waals surface area contributed by atoms with Gasteiger partial charge in [0.2, 0.25) is 0 Å². The van der Waals surface area contributed by atoms with Crippen LogP contribution in [-0.2, 0) is 0 Å². The Hall–Kier alpha value is -2.41. The maximum atomic E-state index is 14.0. The van der Waals surface area contributed by atoms with Gasteiger partial charge in [-0.3, -0.25) is 0 Å². The van der Waals surface area contributed by atoms with Crippen LogP contribution in [0.3, 0.4) is 0 Å². The van der Waals surface area contributed by atoms with Gasteiger partial charge in [0.25, 0.3) is 0 Å². The molecule has 2 heterocycles. The summed E-state index contributed by atoms with van der Waals surface area (Å²) < 4.78 is 14.0. The Morgan fingerprint density at radius 2 is 2.10 bits per heavy atom. The van der Waals surface area contributed by atoms with E-state index in [0.29, 0.717) is 5.16 Å². The van der Waals surface area contributed by atoms with E-state index in [2.05, 4.69) is 15.0 Å². The number of para-hydroxylation sites is 2. The molecule has 0 aliphatic carbocycles. The standard InChI is InChI=1S/C13H8FN3O2S/c14-10-7(12(18)19)5-6-15-11(10)20-13-16-8-3-1-2-4-9(8)17-13/h1-6H,(H,16,17)(H,18,19). The molecule has 2 aromatic heterocycles. The zero-order valence-electron chi connectivity index (χ0n) is 10.0. The van der Waals surface area contributed by atoms with Gasteiger partial charge in [0, 0.05) is 6.20 Å². The van der Waals surface area contributed by atoms with Crippen LogP contribution < -0.4 is 0 Å². The lowest BCUT2D eigenvalue weighted by Crippen LogP contribution is -2.02. The van der Waals surface area contributed by atoms with Gasteiger partial charge in [-0.25, -0.2) is 19.2 Å². The van der Waals surface area contributed by atoms with E-state index in [-0.39, 0.29) is 5.03 Å². The summed E-state index contributed by atoms with van der Waals surface area (Å²) in [7, 11) is 0. The first-order chi connectivity index (χ1) is 9.65. The minimum absolute atomic E-state index is 0.0241. The molecule has 2 N–H and O–H groups in total. The number of halogens is 1. The van der Waals surface area contributed by atoms with E-state index in [9.17, 15) is 9.18 Å². The predicted octanol–water partition coefficient (Wildman–Crippen LogP) is 2.95. The Morgan fingerprint density at radius 3 is 2.85 bits per heavy atom. The van der Waals surface area contributed by atoms with E-state index < -0.39 is 17.3 Å². The second-order valence-electron chi connectivity index (χ2n) is 3.94. The van der Waals surface area contributed by atoms with Crippen LogP contribution in [0.1, 0.15) is 10.4 Å². The fraction of sp³-hybridized carbons (Fsp3) is 0. The molecule has 0 saturated heterocycles. The number of pyridine rings is 1. The van der Waals surface area contributed by atoms with Crippen LogP contribution in [0.5, 0.6) is 0 Å². The fourth-order valence-corrected chi connectivity index (χ4v) is 2.53. The van der Waals surface area contributed by atoms with Crippen LogP contribution in [0.15, 0.2) is 46.7 Å². The Morgan fingerprint density at radius 1 is 1.30 bits per heavy atom. The van der Waals surface area contributed by atoms with Crippen molar-refractivity contribution < 1.29 is 14.3 Å². The minimum Gasteiger partial charge on any atom is -0.478 e. The number of aromatic nitrogens is 3. The number of carboxylic acids is 1. The lowest BCUT2D eigenvalue weighted by Gasteiger charge is -2.01. The van der Waals surface area contributed by atoms with E-state index in [1.165, 1.54) is 6.20 Å². The summed E-state index contributed by atoms with van der Waals surface area (Å²) in [5, 5.41) is 9.30. The quantitative estimate of drug-likeness (QED) is 0.775. The maximum Gasteiger partial charge on any atom is 0.338 e. The molecular formula is C13H8FN3O2S. The molecule has 0 aliphatic rings. The highest BCUT2D eigenvalue weighted by atomic mass is 32.2. The Labute approximate surface area is 116 Å². The van der Waals surface area contributed by atoms with Crippen molar-refractivity contribution in [2.24, 2.45) is 0 Å². The molecule has 0 fully saturated rings. The van der Waals surface area contributed by atoms with Crippen LogP contribution in [-0.4, -0.2) is 26.0 Å². The molecular weight excluding hydrogens is 281 g/mol. The zero-order valence-corrected chi connectivity index (χ0v) is 10.8. The molecule has 0 spiro atoms. The molecule has 0 atom stereocenters. The number of hydrogen-bond acceptors (Lipinski definition) is 4. The first-order valence-corrected chi connectivity index (χ1v) is 6.47. The summed E-state index contributed by atoms with van der Waals surface area (Å²) >= 11 is 0.955. The topological polar surface area (TPSA) is 78.9 Å². The molecule has 0 unspecified atom stereocenters. The zero-order chi connectivity index (χ0) is 14.1. The number of hydrogen-bond donors (Lipinski definition) is 2. The van der Waals surface area contributed by atoms with Crippen LogP contribution >= 0.6 is 11.8 Å². The number of carbonyl (C=O) groups is 1. The molecule has 5 nitrogen and oxygen atoms in total. The predicted molar refractivity (Wildman–Crippen MR) is 71.4 cm³/mol. The lowest BCUT2D eigenvalue weighted by atomic mass is 10.3. The average Bonchev–Trinajstić information content (AvgIpc) is 2.83. The van der Waals surface area contributed by atoms with Crippen LogP contribution in [0.25, 0.3) is 11.0 Å². The average molecular weight is 289 g/mol. The van der Waals surface area contributed by atoms with Gasteiger partial charge in [-0.1, -0.05) is 12.1 Å². The molecule has 0 saturated carbocycles. The number of nitrogens with zero attached hydrogens (tertiary/aromatic N) is 2. The largest absolute Gasteiger partial charge is 0.478 e. The van der Waals surface area contributed by atoms with Crippen molar-refractivity contribution in [3.05, 3.63) is 47.9 Å². The van der Waals surface area contributed by atoms with Crippen molar-refractivity contribution in [3.8, 4) is 0 Å². The molecule has 20 heavy (non-hydrogen) atoms. The number of fused-ring (bicyclic) bond motifs is 1. The molecule has 0 aliphatic heterocycles. The maximum absolute atomic E-state index is 14.0. The van der Waals surface area contributed by atoms with Gasteiger partial charge >= 0.3 is 5.97 Å². The highest BCUT2D eigenvalue weighted by Gasteiger charge is 2.17. The number of aromatic amines is 1. The van der Waals surface area contributed by atoms with Crippen molar-refractivity contribution in [3.63, 3.8) is 0 Å². The van der Waals surface area contributed by atoms with Gasteiger partial charge in [0.05, 0.1) is 16.6 Å². The molecule has 0 amide bonds. The molecule has 3 aromatic rings. The normalized spacial score (nSPS) is 10.8. The van der Waals surface area contributed by atoms with E-state index in [0.717, 1.165) is 28.9 Å². The summed E-state index contributed by atoms with van der Waals surface area (Å²) in [6.07, 6.45) is 1.26. The van der Waals surface area contributed by atoms with E-state index in [4.69, 9.17) is 5.11 Å². The fourth-order valence-electron chi connectivity index (χ4n) is 1.73. The van der Waals surface area contributed by atoms with Gasteiger partial charge in [0.15, 0.2) is 11.0 Å². The molecule has 0 bridgehead atoms. The third-order valence-electron chi connectivity index (χ3n) is 2.65. The summed E-state index contributed by atoms with van der Waals surface area (Å²) in [6, 6.07) is 8.51. The van der Waals surface area contributed by atoms with Crippen molar-refractivity contribution >= 4 is 28.8 Å². The second kappa shape index (κ2) is 4.93. The highest BCUT2D eigenvalue weighted by molar-refractivity contribution is 7.99. The smallest absolute Gasteiger partial charge is 0.338 e. The summed E-state index contributed by atoms with van der Waals surface area (Å²) in [4.78, 5) is 22.0. The molecule has 1 aromatic carbocycles. The SMILES string of the molecule is O=C(O)c1ccnc(Sc2nc3ccccc3[nH]2)c1F. The van der Waals surface area contributed by atoms with Crippen molar-refractivity contribution in [1.82, 2.24) is 15.0 Å². The molecule has 100 valence electrons. The second-order valence-corrected chi connectivity index (χ2v) is 4.92. The Kier molecular flexibility index (Phi) is 3.11. The first-order valence-electron chi connectivity index (χ1n) is 5.65. The van der Waals surface area contributed by atoms with Crippen LogP contribution in [0.4, 0.5) is 4.39 Å². The monoisotopic (exact) mass is 289 g/mol. The van der Waals surface area contributed by atoms with E-state index in [1.54, 1.807) is 0 Å². The first kappa shape index (κ1) is 12.6. The van der Waals surface area contributed by atoms with Crippen LogP contribution in [0.2, 0.25) is 0 Å². The number of carboxylic acid groups (broad SMARTS) is 1. The number of rotatable bonds is 3. The van der Waals surface area contributed by atoms with Crippen LogP contribution in [0, 0.1) is 5.82 Å². The number of imidazole rings is 1. The Bertz CT molecular complexity index is 770. The number of aromatic carboxylic acids is 1. The molecule has 0 radical (unpaired) electrons. The van der Waals surface area contributed by atoms with Crippen molar-refractivity contribution in [2.45, 2.75) is 10.2 Å². The minimum atomic E-state index is -1.32. The van der Waals surface area contributed by atoms with Gasteiger partial charge < -0.3 is 10.1 Å². The molecule has 3 rings (SSSR count). The molecule has 7 heteroatoms. The van der Waals surface area contributed by atoms with Crippen molar-refractivity contribution in [2.75, 3.05) is 0 Å². The van der Waals surface area contributed by atoms with Gasteiger partial charge in [-0.15, -0.1) is 0 Å². The summed E-state index contributed by atoms with van der Waals surface area (Å²) in [5.41, 5.74) is 1.17. The van der Waals surface area contributed by atoms with E-state index >= 15 is 0 Å². The number of H-pyrrole nitrogens is 1. The highest BCUT2D eigenvalue weighted by Crippen LogP contribution is 2.28. The summed E-state index contributed by atoms with van der Waals surface area (Å²) in [6.45, 7) is 0. The van der Waals surface area contributed by atoms with Gasteiger partial charge in [0.1, 0.15) is 5.03 Å². The third kappa shape index (κ3) is 2.23. The van der Waals surface area contributed by atoms with E-state index in [1.807, 2.05) is 24.3 Å². The van der Waals surface area contributed by atoms with Gasteiger partial charge in [-0.2, -0.15) is 0 Å². The lowest BCUT2D eigenvalue weighted by molar-refractivity contribution is 0.0691.